The SMILES string of the molecule is COC(=O)[C@H](Cc1ccccc1)NC(=O)NCc1cccc(-c2ccc([C@@H]3O[C@H](CSc4ncccc4C(=O)O)[C@H](C)[C@H](c4ccc(CO)cc4)O3)cc2)c1. The molecule has 2 amide bonds. The first-order valence-corrected chi connectivity index (χ1v) is 18.9. The summed E-state index contributed by atoms with van der Waals surface area (Å²) in [6.07, 6.45) is 0.543. The molecule has 1 aliphatic rings. The fourth-order valence-electron chi connectivity index (χ4n) is 6.41. The van der Waals surface area contributed by atoms with Gasteiger partial charge in [0.1, 0.15) is 11.1 Å². The molecule has 4 N–H and O–H groups in total. The van der Waals surface area contributed by atoms with Crippen molar-refractivity contribution in [1.29, 1.82) is 0 Å². The number of hydrogen-bond donors (Lipinski definition) is 4. The summed E-state index contributed by atoms with van der Waals surface area (Å²) in [5.74, 6) is -1.19. The molecule has 12 heteroatoms. The van der Waals surface area contributed by atoms with E-state index in [9.17, 15) is 24.6 Å². The predicted octanol–water partition coefficient (Wildman–Crippen LogP) is 7.11. The van der Waals surface area contributed by atoms with Gasteiger partial charge in [-0.05, 0) is 51.6 Å². The number of aliphatic hydroxyl groups excluding tert-OH is 1. The fraction of sp³-hybridized carbons (Fsp3) is 0.256. The number of nitrogens with zero attached hydrogens (tertiary/aromatic N) is 1. The van der Waals surface area contributed by atoms with E-state index in [1.54, 1.807) is 18.3 Å². The van der Waals surface area contributed by atoms with E-state index >= 15 is 0 Å². The fourth-order valence-corrected chi connectivity index (χ4v) is 7.56. The van der Waals surface area contributed by atoms with Crippen LogP contribution in [0.1, 0.15) is 57.5 Å². The summed E-state index contributed by atoms with van der Waals surface area (Å²) in [6, 6.07) is 34.7. The van der Waals surface area contributed by atoms with Crippen LogP contribution in [-0.2, 0) is 38.6 Å². The third kappa shape index (κ3) is 10.2. The number of benzene rings is 4. The summed E-state index contributed by atoms with van der Waals surface area (Å²) >= 11 is 1.34. The smallest absolute Gasteiger partial charge is 0.338 e. The standard InChI is InChI=1S/C43H43N3O8S/c1-27-37(26-55-39-35(40(48)49)12-7-21-44-39)53-42(54-38(27)32-15-13-29(25-47)14-16-32)33-19-17-31(18-20-33)34-11-6-10-30(22-34)24-45-43(51)46-36(41(50)52-2)23-28-8-4-3-5-9-28/h3-22,27,36-38,42,47H,23-26H2,1-2H3,(H,48,49)(H2,45,46,51)/t27-,36-,37+,38+,42+/m0/s1. The van der Waals surface area contributed by atoms with Crippen molar-refractivity contribution in [3.63, 3.8) is 0 Å². The quantitative estimate of drug-likeness (QED) is 0.0680. The first-order valence-electron chi connectivity index (χ1n) is 17.9. The van der Waals surface area contributed by atoms with Gasteiger partial charge in [0.2, 0.25) is 0 Å². The van der Waals surface area contributed by atoms with Crippen LogP contribution in [0, 0.1) is 5.92 Å². The van der Waals surface area contributed by atoms with Crippen LogP contribution < -0.4 is 10.6 Å². The van der Waals surface area contributed by atoms with Gasteiger partial charge in [-0.15, -0.1) is 11.8 Å². The van der Waals surface area contributed by atoms with Crippen LogP contribution in [0.25, 0.3) is 11.1 Å². The molecule has 5 atom stereocenters. The summed E-state index contributed by atoms with van der Waals surface area (Å²) in [5, 5.41) is 25.3. The number of carboxylic acids is 1. The zero-order valence-corrected chi connectivity index (χ0v) is 31.3. The molecule has 0 aliphatic carbocycles. The maximum atomic E-state index is 12.8. The van der Waals surface area contributed by atoms with E-state index < -0.39 is 30.3 Å². The van der Waals surface area contributed by atoms with Gasteiger partial charge in [-0.3, -0.25) is 0 Å². The van der Waals surface area contributed by atoms with Crippen molar-refractivity contribution in [3.8, 4) is 11.1 Å². The number of carbonyl (C=O) groups is 3. The van der Waals surface area contributed by atoms with Crippen LogP contribution in [0.2, 0.25) is 0 Å². The third-order valence-electron chi connectivity index (χ3n) is 9.48. The van der Waals surface area contributed by atoms with E-state index in [1.165, 1.54) is 18.9 Å². The first-order chi connectivity index (χ1) is 26.7. The number of aromatic carboxylic acids is 1. The Hall–Kier alpha value is -5.53. The van der Waals surface area contributed by atoms with Crippen molar-refractivity contribution in [3.05, 3.63) is 155 Å². The number of carboxylic acid groups (broad SMARTS) is 1. The number of aliphatic hydroxyl groups is 1. The predicted molar refractivity (Wildman–Crippen MR) is 208 cm³/mol. The van der Waals surface area contributed by atoms with Crippen molar-refractivity contribution >= 4 is 29.7 Å². The van der Waals surface area contributed by atoms with Crippen molar-refractivity contribution in [2.75, 3.05) is 12.9 Å². The third-order valence-corrected chi connectivity index (χ3v) is 10.6. The number of amides is 2. The summed E-state index contributed by atoms with van der Waals surface area (Å²) in [4.78, 5) is 41.4. The molecule has 55 heavy (non-hydrogen) atoms. The molecular formula is C43H43N3O8S. The van der Waals surface area contributed by atoms with Crippen molar-refractivity contribution < 1.29 is 38.8 Å². The first kappa shape index (κ1) is 39.2. The van der Waals surface area contributed by atoms with Gasteiger partial charge in [0, 0.05) is 36.4 Å². The van der Waals surface area contributed by atoms with Crippen molar-refractivity contribution in [2.24, 2.45) is 5.92 Å². The molecule has 11 nitrogen and oxygen atoms in total. The molecule has 1 fully saturated rings. The number of thioether (sulfide) groups is 1. The van der Waals surface area contributed by atoms with Gasteiger partial charge in [-0.25, -0.2) is 19.4 Å². The highest BCUT2D eigenvalue weighted by Gasteiger charge is 2.38. The Morgan fingerprint density at radius 1 is 0.836 bits per heavy atom. The second kappa shape index (κ2) is 18.7. The number of aromatic nitrogens is 1. The molecule has 0 saturated carbocycles. The molecule has 5 aromatic rings. The van der Waals surface area contributed by atoms with Crippen LogP contribution in [0.3, 0.4) is 0 Å². The highest BCUT2D eigenvalue weighted by atomic mass is 32.2. The minimum atomic E-state index is -1.04. The van der Waals surface area contributed by atoms with Gasteiger partial charge in [0.15, 0.2) is 6.29 Å². The van der Waals surface area contributed by atoms with Gasteiger partial charge in [0.25, 0.3) is 0 Å². The topological polar surface area (TPSA) is 156 Å². The molecule has 6 rings (SSSR count). The molecule has 1 saturated heterocycles. The van der Waals surface area contributed by atoms with Crippen molar-refractivity contribution in [2.45, 2.75) is 56.1 Å². The number of pyridine rings is 1. The van der Waals surface area contributed by atoms with Gasteiger partial charge < -0.3 is 35.1 Å². The molecule has 0 spiro atoms. The molecule has 1 aliphatic heterocycles. The Morgan fingerprint density at radius 3 is 2.27 bits per heavy atom. The number of methoxy groups -OCH3 is 1. The van der Waals surface area contributed by atoms with Crippen LogP contribution in [-0.4, -0.2) is 58.2 Å². The Kier molecular flexibility index (Phi) is 13.3. The molecule has 4 aromatic carbocycles. The summed E-state index contributed by atoms with van der Waals surface area (Å²) in [5.41, 5.74) is 6.38. The normalized spacial score (nSPS) is 18.5. The largest absolute Gasteiger partial charge is 0.478 e. The number of carbonyl (C=O) groups excluding carboxylic acids is 2. The minimum Gasteiger partial charge on any atom is -0.478 e. The molecule has 0 radical (unpaired) electrons. The molecule has 0 unspecified atom stereocenters. The Labute approximate surface area is 324 Å². The molecular weight excluding hydrogens is 719 g/mol. The lowest BCUT2D eigenvalue weighted by molar-refractivity contribution is -0.268. The maximum absolute atomic E-state index is 12.8. The summed E-state index contributed by atoms with van der Waals surface area (Å²) < 4.78 is 18.1. The number of ether oxygens (including phenoxy) is 3. The highest BCUT2D eigenvalue weighted by molar-refractivity contribution is 7.99. The van der Waals surface area contributed by atoms with Crippen LogP contribution in [0.5, 0.6) is 0 Å². The van der Waals surface area contributed by atoms with E-state index in [4.69, 9.17) is 14.2 Å². The Morgan fingerprint density at radius 2 is 1.56 bits per heavy atom. The minimum absolute atomic E-state index is 0.0594. The number of rotatable bonds is 14. The number of hydrogen-bond acceptors (Lipinski definition) is 9. The molecule has 284 valence electrons. The van der Waals surface area contributed by atoms with Gasteiger partial charge in [-0.2, -0.15) is 0 Å². The second-order valence-electron chi connectivity index (χ2n) is 13.2. The molecule has 0 bridgehead atoms. The summed E-state index contributed by atoms with van der Waals surface area (Å²) in [6.45, 7) is 2.24. The van der Waals surface area contributed by atoms with Gasteiger partial charge in [0.05, 0.1) is 31.5 Å². The highest BCUT2D eigenvalue weighted by Crippen LogP contribution is 2.43. The molecule has 1 aromatic heterocycles. The van der Waals surface area contributed by atoms with Crippen LogP contribution in [0.15, 0.2) is 126 Å². The zero-order chi connectivity index (χ0) is 38.7. The average Bonchev–Trinajstić information content (AvgIpc) is 3.22. The number of esters is 1. The van der Waals surface area contributed by atoms with Crippen LogP contribution in [0.4, 0.5) is 4.79 Å². The van der Waals surface area contributed by atoms with Crippen molar-refractivity contribution in [1.82, 2.24) is 15.6 Å². The zero-order valence-electron chi connectivity index (χ0n) is 30.5. The lowest BCUT2D eigenvalue weighted by atomic mass is 9.91. The van der Waals surface area contributed by atoms with E-state index in [2.05, 4.69) is 22.5 Å². The Bertz CT molecular complexity index is 2060. The lowest BCUT2D eigenvalue weighted by Crippen LogP contribution is -2.47. The van der Waals surface area contributed by atoms with Gasteiger partial charge in [-0.1, -0.05) is 104 Å². The van der Waals surface area contributed by atoms with Gasteiger partial charge >= 0.3 is 18.0 Å². The lowest BCUT2D eigenvalue weighted by Gasteiger charge is -2.41. The maximum Gasteiger partial charge on any atom is 0.338 e. The average molecular weight is 762 g/mol. The van der Waals surface area contributed by atoms with E-state index in [0.717, 1.165) is 38.9 Å². The summed E-state index contributed by atoms with van der Waals surface area (Å²) in [7, 11) is 1.30. The van der Waals surface area contributed by atoms with Crippen LogP contribution >= 0.6 is 11.8 Å². The number of nitrogens with one attached hydrogen (secondary N) is 2. The monoisotopic (exact) mass is 761 g/mol. The molecule has 2 heterocycles. The van der Waals surface area contributed by atoms with E-state index in [-0.39, 0.29) is 36.8 Å². The van der Waals surface area contributed by atoms with E-state index in [1.807, 2.05) is 103 Å². The number of urea groups is 1. The second-order valence-corrected chi connectivity index (χ2v) is 14.2. The Balaban J connectivity index is 1.14. The van der Waals surface area contributed by atoms with E-state index in [0.29, 0.717) is 17.2 Å².